The zero-order chi connectivity index (χ0) is 57.8. The van der Waals surface area contributed by atoms with Gasteiger partial charge in [0.2, 0.25) is 0 Å². The van der Waals surface area contributed by atoms with E-state index in [-0.39, 0.29) is 31.6 Å². The van der Waals surface area contributed by atoms with Crippen molar-refractivity contribution in [2.24, 2.45) is 0 Å². The molecule has 0 heterocycles. The van der Waals surface area contributed by atoms with Crippen molar-refractivity contribution < 1.29 is 28.6 Å². The highest BCUT2D eigenvalue weighted by Crippen LogP contribution is 2.18. The summed E-state index contributed by atoms with van der Waals surface area (Å²) in [5.74, 6) is -0.988. The van der Waals surface area contributed by atoms with E-state index in [2.05, 4.69) is 99.8 Å². The molecule has 1 atom stereocenters. The molecule has 0 saturated carbocycles. The molecule has 0 aliphatic heterocycles. The fourth-order valence-corrected chi connectivity index (χ4v) is 10.00. The van der Waals surface area contributed by atoms with E-state index in [9.17, 15) is 14.4 Å². The number of carbonyl (C=O) groups excluding carboxylic acids is 3. The summed E-state index contributed by atoms with van der Waals surface area (Å²) < 4.78 is 16.8. The zero-order valence-corrected chi connectivity index (χ0v) is 53.1. The van der Waals surface area contributed by atoms with E-state index in [0.717, 1.165) is 89.9 Å². The van der Waals surface area contributed by atoms with Gasteiger partial charge >= 0.3 is 17.9 Å². The van der Waals surface area contributed by atoms with Crippen molar-refractivity contribution in [2.45, 2.75) is 354 Å². The van der Waals surface area contributed by atoms with E-state index >= 15 is 0 Å². The molecule has 0 radical (unpaired) electrons. The lowest BCUT2D eigenvalue weighted by atomic mass is 10.0. The minimum absolute atomic E-state index is 0.107. The summed E-state index contributed by atoms with van der Waals surface area (Å²) in [6.45, 7) is 6.47. The lowest BCUT2D eigenvalue weighted by molar-refractivity contribution is -0.166. The van der Waals surface area contributed by atoms with Gasteiger partial charge in [0.25, 0.3) is 0 Å². The van der Waals surface area contributed by atoms with E-state index in [0.29, 0.717) is 19.3 Å². The summed E-state index contributed by atoms with van der Waals surface area (Å²) in [4.78, 5) is 38.3. The number of carbonyl (C=O) groups is 3. The van der Waals surface area contributed by atoms with Gasteiger partial charge in [0.05, 0.1) is 0 Å². The highest BCUT2D eigenvalue weighted by molar-refractivity contribution is 5.71. The summed E-state index contributed by atoms with van der Waals surface area (Å²) >= 11 is 0. The smallest absolute Gasteiger partial charge is 0.306 e. The number of ether oxygens (including phenoxy) is 3. The summed E-state index contributed by atoms with van der Waals surface area (Å²) in [5.41, 5.74) is 0. The van der Waals surface area contributed by atoms with Gasteiger partial charge in [0.15, 0.2) is 6.10 Å². The molecular formula is C74H130O6. The van der Waals surface area contributed by atoms with Gasteiger partial charge in [0.1, 0.15) is 13.2 Å². The number of unbranched alkanes of at least 4 members (excludes halogenated alkanes) is 38. The number of hydrogen-bond donors (Lipinski definition) is 0. The Bertz CT molecular complexity index is 1520. The Kier molecular flexibility index (Phi) is 65.2. The topological polar surface area (TPSA) is 78.9 Å². The lowest BCUT2D eigenvalue weighted by Crippen LogP contribution is -2.30. The van der Waals surface area contributed by atoms with E-state index in [1.165, 1.54) is 212 Å². The van der Waals surface area contributed by atoms with Crippen molar-refractivity contribution in [2.75, 3.05) is 13.2 Å². The van der Waals surface area contributed by atoms with Gasteiger partial charge in [-0.2, -0.15) is 0 Å². The molecule has 0 aromatic rings. The van der Waals surface area contributed by atoms with Crippen molar-refractivity contribution in [1.82, 2.24) is 0 Å². The Morgan fingerprint density at radius 2 is 0.512 bits per heavy atom. The molecule has 0 amide bonds. The molecule has 0 aliphatic rings. The molecule has 0 aliphatic carbocycles. The number of rotatable bonds is 63. The molecule has 6 heteroatoms. The van der Waals surface area contributed by atoms with E-state index < -0.39 is 12.1 Å². The number of esters is 3. The number of hydrogen-bond acceptors (Lipinski definition) is 6. The molecule has 0 fully saturated rings. The lowest BCUT2D eigenvalue weighted by Gasteiger charge is -2.18. The van der Waals surface area contributed by atoms with Crippen LogP contribution in [0.2, 0.25) is 0 Å². The molecule has 462 valence electrons. The molecular weight excluding hydrogens is 985 g/mol. The Morgan fingerprint density at radius 1 is 0.263 bits per heavy atom. The van der Waals surface area contributed by atoms with Gasteiger partial charge in [0, 0.05) is 19.3 Å². The maximum atomic E-state index is 12.9. The van der Waals surface area contributed by atoms with Crippen LogP contribution in [0.25, 0.3) is 0 Å². The van der Waals surface area contributed by atoms with Crippen LogP contribution < -0.4 is 0 Å². The molecule has 0 saturated heterocycles. The van der Waals surface area contributed by atoms with Gasteiger partial charge in [-0.1, -0.05) is 331 Å². The van der Waals surface area contributed by atoms with Gasteiger partial charge in [-0.05, 0) is 83.5 Å². The normalized spacial score (nSPS) is 12.6. The molecule has 6 nitrogen and oxygen atoms in total. The maximum absolute atomic E-state index is 12.9. The van der Waals surface area contributed by atoms with Gasteiger partial charge in [-0.15, -0.1) is 0 Å². The molecule has 1 unspecified atom stereocenters. The standard InChI is InChI=1S/C74H130O6/c1-4-7-10-13-16-19-22-25-27-29-31-32-33-34-35-36-37-38-39-40-41-42-44-45-47-49-52-55-58-61-64-67-73(76)79-70-71(69-78-72(75)66-63-60-57-54-51-24-21-18-15-12-9-6-3)80-74(77)68-65-62-59-56-53-50-48-46-43-30-28-26-23-20-17-14-11-8-5-2/h8,11,17-18,20-21,26,28,43,46,50,53,59,62,71H,4-7,9-10,12-16,19,22-25,27,29-42,44-45,47-49,51-52,54-58,60-61,63-70H2,1-3H3/b11-8-,20-17-,21-18-,28-26-,46-43-,53-50-,62-59-. The van der Waals surface area contributed by atoms with Gasteiger partial charge in [-0.3, -0.25) is 14.4 Å². The Labute approximate surface area is 496 Å². The molecule has 0 spiro atoms. The fourth-order valence-electron chi connectivity index (χ4n) is 10.00. The second kappa shape index (κ2) is 68.1. The summed E-state index contributed by atoms with van der Waals surface area (Å²) in [5, 5.41) is 0. The molecule has 0 bridgehead atoms. The first kappa shape index (κ1) is 76.6. The van der Waals surface area contributed by atoms with Gasteiger partial charge < -0.3 is 14.2 Å². The Balaban J connectivity index is 4.22. The Hall–Kier alpha value is -3.41. The zero-order valence-electron chi connectivity index (χ0n) is 53.1. The van der Waals surface area contributed by atoms with Crippen LogP contribution in [0.3, 0.4) is 0 Å². The van der Waals surface area contributed by atoms with Crippen molar-refractivity contribution in [3.8, 4) is 0 Å². The third kappa shape index (κ3) is 65.4. The first-order valence-electron chi connectivity index (χ1n) is 34.6. The highest BCUT2D eigenvalue weighted by atomic mass is 16.6. The minimum Gasteiger partial charge on any atom is -0.462 e. The van der Waals surface area contributed by atoms with Crippen molar-refractivity contribution in [3.05, 3.63) is 85.1 Å². The first-order chi connectivity index (χ1) is 39.5. The monoisotopic (exact) mass is 1110 g/mol. The van der Waals surface area contributed by atoms with Crippen molar-refractivity contribution >= 4 is 17.9 Å². The molecule has 0 N–H and O–H groups in total. The molecule has 80 heavy (non-hydrogen) atoms. The fraction of sp³-hybridized carbons (Fsp3) is 0.770. The van der Waals surface area contributed by atoms with Crippen LogP contribution in [-0.2, 0) is 28.6 Å². The molecule has 0 aromatic carbocycles. The SMILES string of the molecule is CC/C=C\C/C=C\C/C=C\C/C=C\C/C=C\C/C=C\CCC(=O)OC(COC(=O)CCCCCCC/C=C\CCCCC)COC(=O)CCCCCCCCCCCCCCCCCCCCCCCCCCCCCCCCC. The van der Waals surface area contributed by atoms with Crippen molar-refractivity contribution in [1.29, 1.82) is 0 Å². The Morgan fingerprint density at radius 3 is 0.838 bits per heavy atom. The average Bonchev–Trinajstić information content (AvgIpc) is 3.46. The quantitative estimate of drug-likeness (QED) is 0.0261. The molecule has 0 aromatic heterocycles. The van der Waals surface area contributed by atoms with Crippen molar-refractivity contribution in [3.63, 3.8) is 0 Å². The van der Waals surface area contributed by atoms with Crippen LogP contribution in [-0.4, -0.2) is 37.2 Å². The van der Waals surface area contributed by atoms with Crippen LogP contribution >= 0.6 is 0 Å². The summed E-state index contributed by atoms with van der Waals surface area (Å²) in [6, 6.07) is 0. The van der Waals surface area contributed by atoms with E-state index in [4.69, 9.17) is 14.2 Å². The van der Waals surface area contributed by atoms with Gasteiger partial charge in [-0.25, -0.2) is 0 Å². The van der Waals surface area contributed by atoms with Crippen LogP contribution in [0.1, 0.15) is 348 Å². The van der Waals surface area contributed by atoms with Crippen LogP contribution in [0.15, 0.2) is 85.1 Å². The number of allylic oxidation sites excluding steroid dienone is 14. The minimum atomic E-state index is -0.820. The summed E-state index contributed by atoms with van der Waals surface area (Å²) in [6.07, 6.45) is 90.7. The highest BCUT2D eigenvalue weighted by Gasteiger charge is 2.19. The molecule has 0 rings (SSSR count). The average molecular weight is 1120 g/mol. The third-order valence-corrected chi connectivity index (χ3v) is 15.1. The van der Waals surface area contributed by atoms with E-state index in [1.54, 1.807) is 0 Å². The largest absolute Gasteiger partial charge is 0.462 e. The van der Waals surface area contributed by atoms with Crippen LogP contribution in [0.5, 0.6) is 0 Å². The second-order valence-corrected chi connectivity index (χ2v) is 23.1. The first-order valence-corrected chi connectivity index (χ1v) is 34.6. The predicted octanol–water partition coefficient (Wildman–Crippen LogP) is 23.8. The van der Waals surface area contributed by atoms with Crippen LogP contribution in [0, 0.1) is 0 Å². The maximum Gasteiger partial charge on any atom is 0.306 e. The van der Waals surface area contributed by atoms with Crippen LogP contribution in [0.4, 0.5) is 0 Å². The predicted molar refractivity (Wildman–Crippen MR) is 348 cm³/mol. The van der Waals surface area contributed by atoms with E-state index in [1.807, 2.05) is 6.08 Å². The second-order valence-electron chi connectivity index (χ2n) is 23.1. The summed E-state index contributed by atoms with van der Waals surface area (Å²) in [7, 11) is 0. The third-order valence-electron chi connectivity index (χ3n) is 15.1.